The van der Waals surface area contributed by atoms with E-state index in [2.05, 4.69) is 20.9 Å². The highest BCUT2D eigenvalue weighted by atomic mass is 16.5. The molecule has 1 unspecified atom stereocenters. The van der Waals surface area contributed by atoms with Gasteiger partial charge in [0, 0.05) is 45.8 Å². The van der Waals surface area contributed by atoms with E-state index in [1.807, 2.05) is 0 Å². The van der Waals surface area contributed by atoms with Crippen LogP contribution in [-0.2, 0) is 14.3 Å². The van der Waals surface area contributed by atoms with Gasteiger partial charge in [-0.2, -0.15) is 0 Å². The third-order valence-electron chi connectivity index (χ3n) is 4.69. The Morgan fingerprint density at radius 3 is 2.68 bits per heavy atom. The van der Waals surface area contributed by atoms with Gasteiger partial charge in [-0.05, 0) is 25.7 Å². The van der Waals surface area contributed by atoms with Gasteiger partial charge >= 0.3 is 0 Å². The second-order valence-corrected chi connectivity index (χ2v) is 6.79. The molecule has 1 atom stereocenters. The topological polar surface area (TPSA) is 84.0 Å². The number of nitrogens with zero attached hydrogens (tertiary/aromatic N) is 1. The summed E-state index contributed by atoms with van der Waals surface area (Å²) in [6, 6.07) is 0.379. The lowest BCUT2D eigenvalue weighted by molar-refractivity contribution is -0.121. The summed E-state index contributed by atoms with van der Waals surface area (Å²) in [5.41, 5.74) is 0. The largest absolute Gasteiger partial charge is 0.379 e. The van der Waals surface area contributed by atoms with Gasteiger partial charge in [0.2, 0.25) is 5.91 Å². The molecule has 0 spiro atoms. The molecule has 0 aromatic heterocycles. The second-order valence-electron chi connectivity index (χ2n) is 6.79. The van der Waals surface area contributed by atoms with E-state index in [4.69, 9.17) is 9.47 Å². The maximum Gasteiger partial charge on any atom is 0.221 e. The van der Waals surface area contributed by atoms with Crippen molar-refractivity contribution in [3.05, 3.63) is 0 Å². The monoisotopic (exact) mass is 354 g/mol. The van der Waals surface area contributed by atoms with Gasteiger partial charge in [-0.1, -0.05) is 19.3 Å². The Labute approximate surface area is 151 Å². The van der Waals surface area contributed by atoms with Crippen LogP contribution in [0.2, 0.25) is 0 Å². The number of carbonyl (C=O) groups excluding carboxylic acids is 1. The summed E-state index contributed by atoms with van der Waals surface area (Å²) >= 11 is 0. The van der Waals surface area contributed by atoms with E-state index in [1.165, 1.54) is 19.3 Å². The predicted molar refractivity (Wildman–Crippen MR) is 98.8 cm³/mol. The zero-order chi connectivity index (χ0) is 17.7. The molecule has 1 heterocycles. The van der Waals surface area contributed by atoms with Crippen LogP contribution in [0.25, 0.3) is 0 Å². The van der Waals surface area contributed by atoms with Crippen molar-refractivity contribution in [3.8, 4) is 0 Å². The SMILES string of the molecule is CN=C(NCCCOC1CCOC1)NCCC(=O)NC1CCCCC1. The Kier molecular flexibility index (Phi) is 9.66. The van der Waals surface area contributed by atoms with Gasteiger partial charge < -0.3 is 25.4 Å². The van der Waals surface area contributed by atoms with Crippen LogP contribution in [-0.4, -0.2) is 64.0 Å². The summed E-state index contributed by atoms with van der Waals surface area (Å²) in [6.45, 7) is 3.64. The van der Waals surface area contributed by atoms with Crippen molar-refractivity contribution in [2.75, 3.05) is 40.0 Å². The molecule has 144 valence electrons. The summed E-state index contributed by atoms with van der Waals surface area (Å²) in [6.07, 6.45) is 8.67. The van der Waals surface area contributed by atoms with Crippen LogP contribution in [0.15, 0.2) is 4.99 Å². The zero-order valence-electron chi connectivity index (χ0n) is 15.5. The molecule has 1 aliphatic heterocycles. The van der Waals surface area contributed by atoms with Crippen molar-refractivity contribution in [1.29, 1.82) is 0 Å². The predicted octanol–water partition coefficient (Wildman–Crippen LogP) is 1.19. The number of guanidine groups is 1. The average molecular weight is 354 g/mol. The van der Waals surface area contributed by atoms with Gasteiger partial charge in [-0.15, -0.1) is 0 Å². The van der Waals surface area contributed by atoms with E-state index in [9.17, 15) is 4.79 Å². The highest BCUT2D eigenvalue weighted by Crippen LogP contribution is 2.17. The third kappa shape index (κ3) is 8.54. The Bertz CT molecular complexity index is 405. The highest BCUT2D eigenvalue weighted by Gasteiger charge is 2.16. The molecule has 0 aromatic carbocycles. The number of rotatable bonds is 9. The summed E-state index contributed by atoms with van der Waals surface area (Å²) in [5.74, 6) is 0.858. The summed E-state index contributed by atoms with van der Waals surface area (Å²) < 4.78 is 11.0. The Hall–Kier alpha value is -1.34. The van der Waals surface area contributed by atoms with Gasteiger partial charge in [-0.3, -0.25) is 9.79 Å². The number of nitrogens with one attached hydrogen (secondary N) is 3. The van der Waals surface area contributed by atoms with E-state index < -0.39 is 0 Å². The molecule has 1 amide bonds. The van der Waals surface area contributed by atoms with Gasteiger partial charge in [0.15, 0.2) is 5.96 Å². The van der Waals surface area contributed by atoms with Gasteiger partial charge in [0.05, 0.1) is 12.7 Å². The average Bonchev–Trinajstić information content (AvgIpc) is 3.14. The molecule has 3 N–H and O–H groups in total. The van der Waals surface area contributed by atoms with Crippen LogP contribution in [0.4, 0.5) is 0 Å². The number of amides is 1. The van der Waals surface area contributed by atoms with Crippen LogP contribution in [0.3, 0.4) is 0 Å². The van der Waals surface area contributed by atoms with E-state index >= 15 is 0 Å². The number of carbonyl (C=O) groups is 1. The lowest BCUT2D eigenvalue weighted by Crippen LogP contribution is -2.41. The molecule has 1 saturated carbocycles. The van der Waals surface area contributed by atoms with Crippen molar-refractivity contribution in [2.24, 2.45) is 4.99 Å². The molecule has 2 fully saturated rings. The maximum absolute atomic E-state index is 12.0. The molecular weight excluding hydrogens is 320 g/mol. The summed E-state index contributed by atoms with van der Waals surface area (Å²) in [7, 11) is 1.74. The van der Waals surface area contributed by atoms with E-state index in [0.717, 1.165) is 58.0 Å². The first-order valence-corrected chi connectivity index (χ1v) is 9.71. The molecule has 2 aliphatic rings. The summed E-state index contributed by atoms with van der Waals surface area (Å²) in [5, 5.41) is 9.56. The fourth-order valence-electron chi connectivity index (χ4n) is 3.24. The minimum atomic E-state index is 0.127. The first-order valence-electron chi connectivity index (χ1n) is 9.71. The molecule has 2 rings (SSSR count). The first-order chi connectivity index (χ1) is 12.3. The van der Waals surface area contributed by atoms with Gasteiger partial charge in [0.25, 0.3) is 0 Å². The van der Waals surface area contributed by atoms with Crippen LogP contribution >= 0.6 is 0 Å². The Morgan fingerprint density at radius 2 is 1.96 bits per heavy atom. The van der Waals surface area contributed by atoms with Crippen LogP contribution < -0.4 is 16.0 Å². The Morgan fingerprint density at radius 1 is 1.16 bits per heavy atom. The van der Waals surface area contributed by atoms with Crippen LogP contribution in [0.1, 0.15) is 51.4 Å². The standard InChI is InChI=1S/C18H34N4O3/c1-19-18(20-10-5-12-25-16-9-13-24-14-16)21-11-8-17(23)22-15-6-3-2-4-7-15/h15-16H,2-14H2,1H3,(H,22,23)(H2,19,20,21). The quantitative estimate of drug-likeness (QED) is 0.329. The summed E-state index contributed by atoms with van der Waals surface area (Å²) in [4.78, 5) is 16.1. The maximum atomic E-state index is 12.0. The lowest BCUT2D eigenvalue weighted by atomic mass is 9.95. The molecular formula is C18H34N4O3. The minimum Gasteiger partial charge on any atom is -0.379 e. The highest BCUT2D eigenvalue weighted by molar-refractivity contribution is 5.81. The smallest absolute Gasteiger partial charge is 0.221 e. The third-order valence-corrected chi connectivity index (χ3v) is 4.69. The molecule has 0 radical (unpaired) electrons. The number of hydrogen-bond acceptors (Lipinski definition) is 4. The number of aliphatic imine (C=N–C) groups is 1. The molecule has 0 aromatic rings. The fourth-order valence-corrected chi connectivity index (χ4v) is 3.24. The van der Waals surface area contributed by atoms with Crippen molar-refractivity contribution in [1.82, 2.24) is 16.0 Å². The van der Waals surface area contributed by atoms with Crippen molar-refractivity contribution < 1.29 is 14.3 Å². The molecule has 25 heavy (non-hydrogen) atoms. The first kappa shape index (κ1) is 20.0. The molecule has 7 nitrogen and oxygen atoms in total. The Balaban J connectivity index is 1.47. The normalized spacial score (nSPS) is 22.0. The number of hydrogen-bond donors (Lipinski definition) is 3. The second kappa shape index (κ2) is 12.1. The molecule has 1 aliphatic carbocycles. The van der Waals surface area contributed by atoms with Crippen LogP contribution in [0, 0.1) is 0 Å². The van der Waals surface area contributed by atoms with Crippen molar-refractivity contribution in [2.45, 2.75) is 63.5 Å². The van der Waals surface area contributed by atoms with Crippen LogP contribution in [0.5, 0.6) is 0 Å². The molecule has 0 bridgehead atoms. The number of ether oxygens (including phenoxy) is 2. The van der Waals surface area contributed by atoms with E-state index in [0.29, 0.717) is 19.0 Å². The molecule has 1 saturated heterocycles. The van der Waals surface area contributed by atoms with E-state index in [-0.39, 0.29) is 12.0 Å². The van der Waals surface area contributed by atoms with E-state index in [1.54, 1.807) is 7.05 Å². The van der Waals surface area contributed by atoms with Gasteiger partial charge in [0.1, 0.15) is 0 Å². The van der Waals surface area contributed by atoms with Crippen molar-refractivity contribution >= 4 is 11.9 Å². The van der Waals surface area contributed by atoms with Gasteiger partial charge in [-0.25, -0.2) is 0 Å². The minimum absolute atomic E-state index is 0.127. The van der Waals surface area contributed by atoms with Crippen molar-refractivity contribution in [3.63, 3.8) is 0 Å². The lowest BCUT2D eigenvalue weighted by Gasteiger charge is -2.22. The zero-order valence-corrected chi connectivity index (χ0v) is 15.5. The fraction of sp³-hybridized carbons (Fsp3) is 0.889. The molecule has 7 heteroatoms.